The first kappa shape index (κ1) is 15.4. The maximum Gasteiger partial charge on any atom is 0.417 e. The van der Waals surface area contributed by atoms with Crippen molar-refractivity contribution in [3.8, 4) is 10.4 Å². The number of benzene rings is 1. The molecular weight excluding hydrogens is 303 g/mol. The van der Waals surface area contributed by atoms with Gasteiger partial charge in [0.15, 0.2) is 0 Å². The first-order chi connectivity index (χ1) is 9.77. The predicted molar refractivity (Wildman–Crippen MR) is 75.2 cm³/mol. The molecule has 0 saturated heterocycles. The van der Waals surface area contributed by atoms with Gasteiger partial charge in [-0.1, -0.05) is 18.2 Å². The van der Waals surface area contributed by atoms with Gasteiger partial charge in [-0.05, 0) is 18.6 Å². The first-order valence-electron chi connectivity index (χ1n) is 5.91. The van der Waals surface area contributed by atoms with E-state index in [1.54, 1.807) is 6.92 Å². The van der Waals surface area contributed by atoms with Crippen LogP contribution in [-0.2, 0) is 10.9 Å². The van der Waals surface area contributed by atoms with Crippen molar-refractivity contribution in [2.75, 3.05) is 12.8 Å². The zero-order valence-electron chi connectivity index (χ0n) is 11.2. The van der Waals surface area contributed by atoms with Gasteiger partial charge in [-0.2, -0.15) is 13.2 Å². The van der Waals surface area contributed by atoms with Gasteiger partial charge < -0.3 is 10.5 Å². The lowest BCUT2D eigenvalue weighted by Crippen LogP contribution is -2.06. The number of alkyl halides is 3. The number of methoxy groups -OCH3 is 1. The van der Waals surface area contributed by atoms with Crippen LogP contribution in [0.25, 0.3) is 10.4 Å². The lowest BCUT2D eigenvalue weighted by atomic mass is 10.0. The fraction of sp³-hybridized carbons (Fsp3) is 0.214. The zero-order chi connectivity index (χ0) is 15.8. The van der Waals surface area contributed by atoms with E-state index in [0.29, 0.717) is 10.4 Å². The number of halogens is 3. The summed E-state index contributed by atoms with van der Waals surface area (Å²) >= 11 is 0.903. The summed E-state index contributed by atoms with van der Waals surface area (Å²) in [7, 11) is 1.19. The van der Waals surface area contributed by atoms with Crippen LogP contribution in [0.1, 0.15) is 20.8 Å². The number of rotatable bonds is 2. The number of anilines is 1. The second-order valence-corrected chi connectivity index (χ2v) is 5.35. The van der Waals surface area contributed by atoms with Crippen LogP contribution in [0.15, 0.2) is 24.3 Å². The van der Waals surface area contributed by atoms with E-state index in [-0.39, 0.29) is 16.1 Å². The predicted octanol–water partition coefficient (Wildman–Crippen LogP) is 4.11. The Morgan fingerprint density at radius 3 is 2.48 bits per heavy atom. The molecule has 0 aliphatic carbocycles. The first-order valence-corrected chi connectivity index (χ1v) is 6.72. The fourth-order valence-corrected chi connectivity index (χ4v) is 3.14. The normalized spacial score (nSPS) is 11.5. The number of ether oxygens (including phenoxy) is 1. The third kappa shape index (κ3) is 2.73. The molecule has 112 valence electrons. The average molecular weight is 315 g/mol. The van der Waals surface area contributed by atoms with E-state index in [0.717, 1.165) is 17.4 Å². The van der Waals surface area contributed by atoms with Gasteiger partial charge in [-0.15, -0.1) is 11.3 Å². The third-order valence-corrected chi connectivity index (χ3v) is 4.36. The van der Waals surface area contributed by atoms with Crippen molar-refractivity contribution in [2.45, 2.75) is 13.1 Å². The minimum Gasteiger partial charge on any atom is -0.465 e. The van der Waals surface area contributed by atoms with Gasteiger partial charge in [0, 0.05) is 10.4 Å². The van der Waals surface area contributed by atoms with Gasteiger partial charge in [0.05, 0.1) is 18.4 Å². The molecule has 0 atom stereocenters. The molecule has 0 fully saturated rings. The minimum absolute atomic E-state index is 0.00866. The Bertz CT molecular complexity index is 692. The highest BCUT2D eigenvalue weighted by Gasteiger charge is 2.34. The van der Waals surface area contributed by atoms with Crippen molar-refractivity contribution in [2.24, 2.45) is 0 Å². The topological polar surface area (TPSA) is 52.3 Å². The number of thiophene rings is 1. The Hall–Kier alpha value is -2.02. The highest BCUT2D eigenvalue weighted by molar-refractivity contribution is 7.18. The largest absolute Gasteiger partial charge is 0.465 e. The summed E-state index contributed by atoms with van der Waals surface area (Å²) in [6.07, 6.45) is -4.48. The number of hydrogen-bond donors (Lipinski definition) is 1. The van der Waals surface area contributed by atoms with Gasteiger partial charge >= 0.3 is 12.1 Å². The van der Waals surface area contributed by atoms with Gasteiger partial charge in [0.1, 0.15) is 4.88 Å². The number of carbonyl (C=O) groups is 1. The summed E-state index contributed by atoms with van der Waals surface area (Å²) in [4.78, 5) is 12.0. The van der Waals surface area contributed by atoms with Crippen LogP contribution in [0.3, 0.4) is 0 Å². The van der Waals surface area contributed by atoms with Crippen LogP contribution >= 0.6 is 11.3 Å². The van der Waals surface area contributed by atoms with E-state index in [1.165, 1.54) is 25.3 Å². The molecule has 7 heteroatoms. The Morgan fingerprint density at radius 1 is 1.29 bits per heavy atom. The van der Waals surface area contributed by atoms with Gasteiger partial charge in [0.25, 0.3) is 0 Å². The molecule has 2 rings (SSSR count). The molecule has 0 spiro atoms. The summed E-state index contributed by atoms with van der Waals surface area (Å²) in [5, 5.41) is 0. The Morgan fingerprint density at radius 2 is 1.90 bits per heavy atom. The second-order valence-electron chi connectivity index (χ2n) is 4.33. The molecule has 2 aromatic rings. The second kappa shape index (κ2) is 5.40. The van der Waals surface area contributed by atoms with E-state index in [2.05, 4.69) is 4.74 Å². The standard InChI is InChI=1S/C14H12F3NO2S/c1-7-10(18)12(13(19)20-2)21-11(7)8-5-3-4-6-9(8)14(15,16)17/h3-6H,18H2,1-2H3. The van der Waals surface area contributed by atoms with Crippen LogP contribution in [-0.4, -0.2) is 13.1 Å². The Labute approximate surface area is 123 Å². The van der Waals surface area contributed by atoms with Gasteiger partial charge in [-0.3, -0.25) is 0 Å². The molecular formula is C14H12F3NO2S. The number of carbonyl (C=O) groups excluding carboxylic acids is 1. The van der Waals surface area contributed by atoms with Crippen LogP contribution in [0, 0.1) is 6.92 Å². The molecule has 1 heterocycles. The lowest BCUT2D eigenvalue weighted by molar-refractivity contribution is -0.137. The molecule has 2 N–H and O–H groups in total. The Kier molecular flexibility index (Phi) is 3.95. The van der Waals surface area contributed by atoms with Gasteiger partial charge in [-0.25, -0.2) is 4.79 Å². The van der Waals surface area contributed by atoms with E-state index in [4.69, 9.17) is 5.73 Å². The van der Waals surface area contributed by atoms with E-state index in [1.807, 2.05) is 0 Å². The average Bonchev–Trinajstić information content (AvgIpc) is 2.74. The minimum atomic E-state index is -4.48. The van der Waals surface area contributed by atoms with E-state index >= 15 is 0 Å². The fourth-order valence-electron chi connectivity index (χ4n) is 1.96. The van der Waals surface area contributed by atoms with Crippen LogP contribution in [0.2, 0.25) is 0 Å². The van der Waals surface area contributed by atoms with Crippen LogP contribution in [0.5, 0.6) is 0 Å². The van der Waals surface area contributed by atoms with Crippen molar-refractivity contribution in [1.29, 1.82) is 0 Å². The summed E-state index contributed by atoms with van der Waals surface area (Å²) in [6.45, 7) is 1.58. The van der Waals surface area contributed by atoms with E-state index < -0.39 is 17.7 Å². The summed E-state index contributed by atoms with van der Waals surface area (Å²) in [5.74, 6) is -0.656. The summed E-state index contributed by atoms with van der Waals surface area (Å²) in [6, 6.07) is 5.20. The summed E-state index contributed by atoms with van der Waals surface area (Å²) in [5.41, 5.74) is 5.65. The van der Waals surface area contributed by atoms with Crippen molar-refractivity contribution in [3.63, 3.8) is 0 Å². The number of nitrogen functional groups attached to an aromatic ring is 1. The van der Waals surface area contributed by atoms with Crippen molar-refractivity contribution in [1.82, 2.24) is 0 Å². The smallest absolute Gasteiger partial charge is 0.417 e. The monoisotopic (exact) mass is 315 g/mol. The molecule has 0 radical (unpaired) electrons. The van der Waals surface area contributed by atoms with Crippen molar-refractivity contribution in [3.05, 3.63) is 40.3 Å². The SMILES string of the molecule is COC(=O)c1sc(-c2ccccc2C(F)(F)F)c(C)c1N. The third-order valence-electron chi connectivity index (χ3n) is 3.04. The van der Waals surface area contributed by atoms with Crippen molar-refractivity contribution >= 4 is 23.0 Å². The molecule has 0 unspecified atom stereocenters. The maximum absolute atomic E-state index is 13.1. The number of esters is 1. The van der Waals surface area contributed by atoms with E-state index in [9.17, 15) is 18.0 Å². The molecule has 0 saturated carbocycles. The van der Waals surface area contributed by atoms with Crippen LogP contribution in [0.4, 0.5) is 18.9 Å². The zero-order valence-corrected chi connectivity index (χ0v) is 12.1. The molecule has 0 aliphatic heterocycles. The van der Waals surface area contributed by atoms with Crippen LogP contribution < -0.4 is 5.73 Å². The van der Waals surface area contributed by atoms with Crippen molar-refractivity contribution < 1.29 is 22.7 Å². The Balaban J connectivity index is 2.67. The highest BCUT2D eigenvalue weighted by atomic mass is 32.1. The molecule has 1 aromatic heterocycles. The summed E-state index contributed by atoms with van der Waals surface area (Å²) < 4.78 is 43.8. The molecule has 0 aliphatic rings. The number of hydrogen-bond acceptors (Lipinski definition) is 4. The molecule has 3 nitrogen and oxygen atoms in total. The quantitative estimate of drug-likeness (QED) is 0.849. The molecule has 0 amide bonds. The highest BCUT2D eigenvalue weighted by Crippen LogP contribution is 2.43. The molecule has 0 bridgehead atoms. The molecule has 1 aromatic carbocycles. The maximum atomic E-state index is 13.1. The lowest BCUT2D eigenvalue weighted by Gasteiger charge is -2.12. The van der Waals surface area contributed by atoms with Gasteiger partial charge in [0.2, 0.25) is 0 Å². The molecule has 21 heavy (non-hydrogen) atoms. The number of nitrogens with two attached hydrogens (primary N) is 1.